The Morgan fingerprint density at radius 1 is 0.800 bits per heavy atom. The molecule has 3 aromatic rings. The monoisotopic (exact) mass is 474 g/mol. The van der Waals surface area contributed by atoms with Crippen LogP contribution in [0.25, 0.3) is 0 Å². The molecule has 0 heterocycles. The molecule has 186 valence electrons. The predicted octanol–water partition coefficient (Wildman–Crippen LogP) is 7.02. The lowest BCUT2D eigenvalue weighted by Gasteiger charge is -2.35. The number of benzene rings is 3. The Balaban J connectivity index is 1.70. The predicted molar refractivity (Wildman–Crippen MR) is 144 cm³/mol. The van der Waals surface area contributed by atoms with E-state index >= 15 is 0 Å². The Bertz CT molecular complexity index is 1010. The molecule has 0 fully saturated rings. The van der Waals surface area contributed by atoms with Crippen molar-refractivity contribution in [3.63, 3.8) is 0 Å². The topological polar surface area (TPSA) is 59.6 Å². The van der Waals surface area contributed by atoms with Gasteiger partial charge in [0.05, 0.1) is 13.2 Å². The highest BCUT2D eigenvalue weighted by Crippen LogP contribution is 2.34. The van der Waals surface area contributed by atoms with Crippen LogP contribution in [0.1, 0.15) is 51.5 Å². The van der Waals surface area contributed by atoms with Crippen molar-refractivity contribution in [3.8, 4) is 5.75 Å². The summed E-state index contributed by atoms with van der Waals surface area (Å²) in [5.74, 6) is 0.523. The number of unbranched alkanes of at least 4 members (excludes halogenated alkanes) is 3. The standard InChI is InChI=1S/C30H38N2O3/c1-24(2)35-29(33)30(25-14-8-6-9-15-25,32-27-18-20-28(34-3)21-19-27)22-12-4-5-13-23-31-26-16-10-7-11-17-26/h6-11,14-21,24,31-32H,4-5,12-13,22-23H2,1-3H3/t30-/m0/s1. The van der Waals surface area contributed by atoms with Gasteiger partial charge in [0, 0.05) is 17.9 Å². The van der Waals surface area contributed by atoms with Crippen molar-refractivity contribution in [1.29, 1.82) is 0 Å². The summed E-state index contributed by atoms with van der Waals surface area (Å²) in [6, 6.07) is 27.8. The molecular formula is C30H38N2O3. The van der Waals surface area contributed by atoms with Crippen LogP contribution >= 0.6 is 0 Å². The molecule has 0 aliphatic heterocycles. The van der Waals surface area contributed by atoms with Gasteiger partial charge in [-0.15, -0.1) is 0 Å². The highest BCUT2D eigenvalue weighted by molar-refractivity contribution is 5.86. The minimum atomic E-state index is -0.970. The number of esters is 1. The summed E-state index contributed by atoms with van der Waals surface area (Å²) in [4.78, 5) is 13.6. The number of ether oxygens (including phenoxy) is 2. The Morgan fingerprint density at radius 2 is 1.43 bits per heavy atom. The van der Waals surface area contributed by atoms with Crippen LogP contribution in [0.4, 0.5) is 11.4 Å². The number of methoxy groups -OCH3 is 1. The van der Waals surface area contributed by atoms with E-state index < -0.39 is 5.54 Å². The van der Waals surface area contributed by atoms with Crippen LogP contribution in [0.2, 0.25) is 0 Å². The fourth-order valence-corrected chi connectivity index (χ4v) is 4.17. The lowest BCUT2D eigenvalue weighted by atomic mass is 9.84. The van der Waals surface area contributed by atoms with Gasteiger partial charge in [-0.1, -0.05) is 67.8 Å². The number of rotatable bonds is 14. The molecule has 0 saturated carbocycles. The molecule has 3 rings (SSSR count). The summed E-state index contributed by atoms with van der Waals surface area (Å²) in [6.07, 6.45) is 4.54. The van der Waals surface area contributed by atoms with Gasteiger partial charge in [0.2, 0.25) is 0 Å². The number of hydrogen-bond donors (Lipinski definition) is 2. The van der Waals surface area contributed by atoms with Crippen molar-refractivity contribution in [1.82, 2.24) is 0 Å². The first-order chi connectivity index (χ1) is 17.0. The van der Waals surface area contributed by atoms with Crippen molar-refractivity contribution in [2.45, 2.75) is 57.6 Å². The number of hydrogen-bond acceptors (Lipinski definition) is 5. The first-order valence-corrected chi connectivity index (χ1v) is 12.5. The molecule has 0 aromatic heterocycles. The zero-order chi connectivity index (χ0) is 24.9. The second-order valence-electron chi connectivity index (χ2n) is 9.04. The van der Waals surface area contributed by atoms with Gasteiger partial charge in [-0.25, -0.2) is 4.79 Å². The van der Waals surface area contributed by atoms with Gasteiger partial charge >= 0.3 is 5.97 Å². The minimum absolute atomic E-state index is 0.202. The fourth-order valence-electron chi connectivity index (χ4n) is 4.17. The maximum absolute atomic E-state index is 13.6. The maximum Gasteiger partial charge on any atom is 0.336 e. The Labute approximate surface area is 209 Å². The molecule has 2 N–H and O–H groups in total. The van der Waals surface area contributed by atoms with E-state index in [1.807, 2.05) is 86.6 Å². The van der Waals surface area contributed by atoms with E-state index in [4.69, 9.17) is 9.47 Å². The quantitative estimate of drug-likeness (QED) is 0.194. The van der Waals surface area contributed by atoms with E-state index in [0.717, 1.165) is 54.9 Å². The van der Waals surface area contributed by atoms with Crippen LogP contribution < -0.4 is 15.4 Å². The van der Waals surface area contributed by atoms with Crippen LogP contribution in [-0.4, -0.2) is 25.7 Å². The van der Waals surface area contributed by atoms with E-state index in [9.17, 15) is 4.79 Å². The molecule has 5 heteroatoms. The van der Waals surface area contributed by atoms with Gasteiger partial charge in [-0.2, -0.15) is 0 Å². The molecule has 0 radical (unpaired) electrons. The van der Waals surface area contributed by atoms with Gasteiger partial charge in [0.1, 0.15) is 5.75 Å². The lowest BCUT2D eigenvalue weighted by molar-refractivity contribution is -0.153. The zero-order valence-electron chi connectivity index (χ0n) is 21.1. The number of carbonyl (C=O) groups is 1. The Hall–Kier alpha value is -3.47. The van der Waals surface area contributed by atoms with Crippen molar-refractivity contribution in [3.05, 3.63) is 90.5 Å². The van der Waals surface area contributed by atoms with Crippen molar-refractivity contribution < 1.29 is 14.3 Å². The molecule has 0 bridgehead atoms. The molecule has 1 atom stereocenters. The zero-order valence-corrected chi connectivity index (χ0v) is 21.1. The van der Waals surface area contributed by atoms with E-state index in [-0.39, 0.29) is 12.1 Å². The van der Waals surface area contributed by atoms with Gasteiger partial charge < -0.3 is 20.1 Å². The summed E-state index contributed by atoms with van der Waals surface area (Å²) < 4.78 is 11.1. The van der Waals surface area contributed by atoms with E-state index in [2.05, 4.69) is 22.8 Å². The Kier molecular flexibility index (Phi) is 10.0. The summed E-state index contributed by atoms with van der Waals surface area (Å²) in [5, 5.41) is 7.01. The second-order valence-corrected chi connectivity index (χ2v) is 9.04. The van der Waals surface area contributed by atoms with Crippen LogP contribution in [-0.2, 0) is 15.1 Å². The lowest BCUT2D eigenvalue weighted by Crippen LogP contribution is -2.45. The summed E-state index contributed by atoms with van der Waals surface area (Å²) >= 11 is 0. The molecule has 5 nitrogen and oxygen atoms in total. The average Bonchev–Trinajstić information content (AvgIpc) is 2.88. The normalized spacial score (nSPS) is 12.6. The van der Waals surface area contributed by atoms with E-state index in [1.165, 1.54) is 0 Å². The van der Waals surface area contributed by atoms with Crippen molar-refractivity contribution in [2.24, 2.45) is 0 Å². The van der Waals surface area contributed by atoms with E-state index in [0.29, 0.717) is 6.42 Å². The number of anilines is 2. The van der Waals surface area contributed by atoms with Crippen LogP contribution in [0.5, 0.6) is 5.75 Å². The summed E-state index contributed by atoms with van der Waals surface area (Å²) in [5.41, 5.74) is 1.94. The molecule has 35 heavy (non-hydrogen) atoms. The second kappa shape index (κ2) is 13.4. The molecule has 0 aliphatic carbocycles. The van der Waals surface area contributed by atoms with Gasteiger partial charge in [0.15, 0.2) is 5.54 Å². The molecule has 0 aliphatic rings. The highest BCUT2D eigenvalue weighted by Gasteiger charge is 2.41. The Morgan fingerprint density at radius 3 is 2.06 bits per heavy atom. The van der Waals surface area contributed by atoms with Crippen molar-refractivity contribution >= 4 is 17.3 Å². The van der Waals surface area contributed by atoms with Gasteiger partial charge in [-0.05, 0) is 68.7 Å². The molecule has 0 amide bonds. The smallest absolute Gasteiger partial charge is 0.336 e. The largest absolute Gasteiger partial charge is 0.497 e. The number of carbonyl (C=O) groups excluding carboxylic acids is 1. The maximum atomic E-state index is 13.6. The average molecular weight is 475 g/mol. The van der Waals surface area contributed by atoms with Crippen LogP contribution in [0.15, 0.2) is 84.9 Å². The van der Waals surface area contributed by atoms with Gasteiger partial charge in [0.25, 0.3) is 0 Å². The van der Waals surface area contributed by atoms with Crippen LogP contribution in [0, 0.1) is 0 Å². The highest BCUT2D eigenvalue weighted by atomic mass is 16.5. The molecule has 3 aromatic carbocycles. The minimum Gasteiger partial charge on any atom is -0.497 e. The molecule has 0 unspecified atom stereocenters. The molecule has 0 spiro atoms. The van der Waals surface area contributed by atoms with Gasteiger partial charge in [-0.3, -0.25) is 0 Å². The SMILES string of the molecule is COc1ccc(N[C@](CCCCCCNc2ccccc2)(C(=O)OC(C)C)c2ccccc2)cc1. The van der Waals surface area contributed by atoms with Crippen molar-refractivity contribution in [2.75, 3.05) is 24.3 Å². The third-order valence-electron chi connectivity index (χ3n) is 5.99. The third-order valence-corrected chi connectivity index (χ3v) is 5.99. The van der Waals surface area contributed by atoms with Crippen LogP contribution in [0.3, 0.4) is 0 Å². The molecule has 0 saturated heterocycles. The van der Waals surface area contributed by atoms with E-state index in [1.54, 1.807) is 7.11 Å². The summed E-state index contributed by atoms with van der Waals surface area (Å²) in [7, 11) is 1.64. The first-order valence-electron chi connectivity index (χ1n) is 12.5. The fraction of sp³-hybridized carbons (Fsp3) is 0.367. The summed E-state index contributed by atoms with van der Waals surface area (Å²) in [6.45, 7) is 4.72. The molecular weight excluding hydrogens is 436 g/mol. The first kappa shape index (κ1) is 26.1. The number of nitrogens with one attached hydrogen (secondary N) is 2. The third kappa shape index (κ3) is 7.78. The number of para-hydroxylation sites is 1.